The number of phenolic OH excluding ortho intramolecular Hbond substituents is 3. The Morgan fingerprint density at radius 2 is 1.66 bits per heavy atom. The van der Waals surface area contributed by atoms with Crippen LogP contribution in [-0.2, 0) is 17.4 Å². The Labute approximate surface area is 162 Å². The van der Waals surface area contributed by atoms with E-state index >= 15 is 0 Å². The molecule has 29 heavy (non-hydrogen) atoms. The van der Waals surface area contributed by atoms with Crippen molar-refractivity contribution in [1.29, 1.82) is 0 Å². The van der Waals surface area contributed by atoms with E-state index in [2.05, 4.69) is 10.3 Å². The number of halogens is 3. The molecule has 4 N–H and O–H groups in total. The Morgan fingerprint density at radius 1 is 1.00 bits per heavy atom. The monoisotopic (exact) mass is 404 g/mol. The molecule has 1 amide bonds. The van der Waals surface area contributed by atoms with E-state index in [-0.39, 0.29) is 28.3 Å². The van der Waals surface area contributed by atoms with Crippen molar-refractivity contribution in [3.05, 3.63) is 65.9 Å². The Kier molecular flexibility index (Phi) is 5.31. The van der Waals surface area contributed by atoms with Gasteiger partial charge in [0.05, 0.1) is 12.0 Å². The lowest BCUT2D eigenvalue weighted by atomic mass is 10.0. The molecule has 150 valence electrons. The molecule has 2 aromatic carbocycles. The van der Waals surface area contributed by atoms with Gasteiger partial charge in [0.1, 0.15) is 23.1 Å². The summed E-state index contributed by atoms with van der Waals surface area (Å²) < 4.78 is 39.4. The molecular formula is C20H15F3N2O4. The lowest BCUT2D eigenvalue weighted by molar-refractivity contribution is -0.137. The molecule has 0 aliphatic rings. The predicted molar refractivity (Wildman–Crippen MR) is 98.4 cm³/mol. The first-order chi connectivity index (χ1) is 13.6. The molecule has 6 nitrogen and oxygen atoms in total. The average molecular weight is 404 g/mol. The molecule has 0 spiro atoms. The topological polar surface area (TPSA) is 103 Å². The zero-order chi connectivity index (χ0) is 21.2. The molecule has 0 radical (unpaired) electrons. The Balaban J connectivity index is 1.76. The van der Waals surface area contributed by atoms with E-state index < -0.39 is 35.6 Å². The van der Waals surface area contributed by atoms with Crippen molar-refractivity contribution >= 4 is 11.7 Å². The van der Waals surface area contributed by atoms with Crippen molar-refractivity contribution < 1.29 is 33.3 Å². The molecular weight excluding hydrogens is 389 g/mol. The fourth-order valence-corrected chi connectivity index (χ4v) is 2.77. The van der Waals surface area contributed by atoms with Crippen molar-refractivity contribution in [2.45, 2.75) is 12.6 Å². The zero-order valence-electron chi connectivity index (χ0n) is 14.7. The number of aromatic nitrogens is 1. The van der Waals surface area contributed by atoms with Gasteiger partial charge in [0.25, 0.3) is 0 Å². The number of phenols is 3. The van der Waals surface area contributed by atoms with Crippen LogP contribution in [0.2, 0.25) is 0 Å². The van der Waals surface area contributed by atoms with Crippen LogP contribution >= 0.6 is 0 Å². The second kappa shape index (κ2) is 7.70. The molecule has 0 saturated heterocycles. The van der Waals surface area contributed by atoms with Gasteiger partial charge in [-0.15, -0.1) is 0 Å². The Morgan fingerprint density at radius 3 is 2.24 bits per heavy atom. The van der Waals surface area contributed by atoms with E-state index in [0.29, 0.717) is 0 Å². The molecule has 9 heteroatoms. The van der Waals surface area contributed by atoms with E-state index in [4.69, 9.17) is 0 Å². The summed E-state index contributed by atoms with van der Waals surface area (Å²) in [5, 5.41) is 31.2. The maximum atomic E-state index is 13.1. The van der Waals surface area contributed by atoms with Crippen LogP contribution < -0.4 is 5.32 Å². The minimum absolute atomic E-state index is 0.0377. The summed E-state index contributed by atoms with van der Waals surface area (Å²) in [6, 6.07) is 9.77. The minimum atomic E-state index is -4.52. The molecule has 0 unspecified atom stereocenters. The van der Waals surface area contributed by atoms with Gasteiger partial charge in [-0.3, -0.25) is 4.79 Å². The van der Waals surface area contributed by atoms with Crippen LogP contribution in [0.4, 0.5) is 19.0 Å². The molecule has 0 bridgehead atoms. The number of carbonyl (C=O) groups is 1. The molecule has 3 aromatic rings. The van der Waals surface area contributed by atoms with Crippen molar-refractivity contribution in [3.8, 4) is 28.4 Å². The molecule has 3 rings (SSSR count). The smallest absolute Gasteiger partial charge is 0.417 e. The number of pyridine rings is 1. The summed E-state index contributed by atoms with van der Waals surface area (Å²) in [5.41, 5.74) is -0.693. The van der Waals surface area contributed by atoms with Crippen LogP contribution in [0.3, 0.4) is 0 Å². The largest absolute Gasteiger partial charge is 0.508 e. The highest BCUT2D eigenvalue weighted by Gasteiger charge is 2.33. The maximum Gasteiger partial charge on any atom is 0.417 e. The summed E-state index contributed by atoms with van der Waals surface area (Å²) in [7, 11) is 0. The quantitative estimate of drug-likeness (QED) is 0.525. The van der Waals surface area contributed by atoms with Gasteiger partial charge in [-0.05, 0) is 23.8 Å². The normalized spacial score (nSPS) is 11.3. The van der Waals surface area contributed by atoms with Crippen molar-refractivity contribution in [2.24, 2.45) is 0 Å². The number of aromatic hydroxyl groups is 3. The number of nitrogens with zero attached hydrogens (tertiary/aromatic N) is 1. The second-order valence-corrected chi connectivity index (χ2v) is 6.16. The van der Waals surface area contributed by atoms with E-state index in [9.17, 15) is 33.3 Å². The van der Waals surface area contributed by atoms with Gasteiger partial charge in [-0.2, -0.15) is 13.2 Å². The highest BCUT2D eigenvalue weighted by Crippen LogP contribution is 2.37. The fourth-order valence-electron chi connectivity index (χ4n) is 2.77. The lowest BCUT2D eigenvalue weighted by Gasteiger charge is -2.13. The van der Waals surface area contributed by atoms with Crippen LogP contribution in [-0.4, -0.2) is 26.2 Å². The highest BCUT2D eigenvalue weighted by molar-refractivity contribution is 5.92. The number of rotatable bonds is 4. The molecule has 0 fully saturated rings. The van der Waals surface area contributed by atoms with Crippen molar-refractivity contribution in [3.63, 3.8) is 0 Å². The van der Waals surface area contributed by atoms with Crippen LogP contribution in [0.1, 0.15) is 11.1 Å². The first kappa shape index (κ1) is 20.0. The standard InChI is InChI=1S/C20H15F3N2O4/c21-20(22,23)15-4-2-1-3-13(15)11-5-6-18(24-10-11)25-19(29)9-14-16(27)7-12(26)8-17(14)28/h1-8,10,26-28H,9H2,(H,24,25,29). The summed E-state index contributed by atoms with van der Waals surface area (Å²) >= 11 is 0. The van der Waals surface area contributed by atoms with Gasteiger partial charge >= 0.3 is 6.18 Å². The third kappa shape index (κ3) is 4.57. The Hall–Kier alpha value is -3.75. The third-order valence-electron chi connectivity index (χ3n) is 4.10. The summed E-state index contributed by atoms with van der Waals surface area (Å²) in [4.78, 5) is 16.1. The van der Waals surface area contributed by atoms with Crippen molar-refractivity contribution in [1.82, 2.24) is 4.98 Å². The molecule has 0 aliphatic carbocycles. The van der Waals surface area contributed by atoms with E-state index in [1.54, 1.807) is 0 Å². The first-order valence-electron chi connectivity index (χ1n) is 8.31. The second-order valence-electron chi connectivity index (χ2n) is 6.16. The molecule has 0 atom stereocenters. The molecule has 0 saturated carbocycles. The average Bonchev–Trinajstić information content (AvgIpc) is 2.64. The molecule has 1 heterocycles. The molecule has 1 aromatic heterocycles. The van der Waals surface area contributed by atoms with Crippen molar-refractivity contribution in [2.75, 3.05) is 5.32 Å². The number of anilines is 1. The van der Waals surface area contributed by atoms with Crippen LogP contribution in [0, 0.1) is 0 Å². The maximum absolute atomic E-state index is 13.1. The van der Waals surface area contributed by atoms with Gasteiger partial charge in [0.15, 0.2) is 0 Å². The summed E-state index contributed by atoms with van der Waals surface area (Å²) in [6.07, 6.45) is -3.72. The number of benzene rings is 2. The number of amides is 1. The molecule has 0 aliphatic heterocycles. The van der Waals surface area contributed by atoms with Gasteiger partial charge in [-0.1, -0.05) is 18.2 Å². The SMILES string of the molecule is O=C(Cc1c(O)cc(O)cc1O)Nc1ccc(-c2ccccc2C(F)(F)F)cn1. The lowest BCUT2D eigenvalue weighted by Crippen LogP contribution is -2.15. The van der Waals surface area contributed by atoms with E-state index in [1.807, 2.05) is 0 Å². The van der Waals surface area contributed by atoms with E-state index in [0.717, 1.165) is 18.2 Å². The Bertz CT molecular complexity index is 1030. The number of nitrogens with one attached hydrogen (secondary N) is 1. The van der Waals surface area contributed by atoms with Crippen LogP contribution in [0.5, 0.6) is 17.2 Å². The minimum Gasteiger partial charge on any atom is -0.508 e. The van der Waals surface area contributed by atoms with Crippen LogP contribution in [0.25, 0.3) is 11.1 Å². The number of carbonyl (C=O) groups excluding carboxylic acids is 1. The van der Waals surface area contributed by atoms with Gasteiger partial charge < -0.3 is 20.6 Å². The zero-order valence-corrected chi connectivity index (χ0v) is 14.7. The van der Waals surface area contributed by atoms with Gasteiger partial charge in [-0.25, -0.2) is 4.98 Å². The number of hydrogen-bond donors (Lipinski definition) is 4. The van der Waals surface area contributed by atoms with Gasteiger partial charge in [0, 0.05) is 29.5 Å². The summed E-state index contributed by atoms with van der Waals surface area (Å²) in [5.74, 6) is -1.81. The number of alkyl halides is 3. The van der Waals surface area contributed by atoms with Crippen LogP contribution in [0.15, 0.2) is 54.7 Å². The first-order valence-corrected chi connectivity index (χ1v) is 8.31. The third-order valence-corrected chi connectivity index (χ3v) is 4.10. The number of hydrogen-bond acceptors (Lipinski definition) is 5. The summed E-state index contributed by atoms with van der Waals surface area (Å²) in [6.45, 7) is 0. The fraction of sp³-hybridized carbons (Fsp3) is 0.100. The van der Waals surface area contributed by atoms with Gasteiger partial charge in [0.2, 0.25) is 5.91 Å². The van der Waals surface area contributed by atoms with E-state index in [1.165, 1.54) is 36.5 Å². The highest BCUT2D eigenvalue weighted by atomic mass is 19.4. The predicted octanol–water partition coefficient (Wildman–Crippen LogP) is 4.07.